The second kappa shape index (κ2) is 5.21. The van der Waals surface area contributed by atoms with Gasteiger partial charge in [-0.3, -0.25) is 4.98 Å². The van der Waals surface area contributed by atoms with E-state index in [0.717, 1.165) is 12.1 Å². The lowest BCUT2D eigenvalue weighted by atomic mass is 10.0. The molecule has 0 aliphatic rings. The van der Waals surface area contributed by atoms with Crippen LogP contribution in [-0.2, 0) is 12.6 Å². The molecule has 102 valence electrons. The van der Waals surface area contributed by atoms with Gasteiger partial charge in [0.15, 0.2) is 0 Å². The fraction of sp³-hybridized carbons (Fsp3) is 0.143. The third-order valence-electron chi connectivity index (χ3n) is 2.81. The molecular weight excluding hydrogens is 267 g/mol. The fourth-order valence-corrected chi connectivity index (χ4v) is 1.83. The quantitative estimate of drug-likeness (QED) is 0.914. The number of hydrogen-bond acceptors (Lipinski definition) is 3. The van der Waals surface area contributed by atoms with Crippen molar-refractivity contribution in [2.24, 2.45) is 0 Å². The Balaban J connectivity index is 2.53. The summed E-state index contributed by atoms with van der Waals surface area (Å²) >= 11 is 0. The maximum atomic E-state index is 12.7. The number of nitrogens with zero attached hydrogens (tertiary/aromatic N) is 2. The minimum atomic E-state index is -4.42. The van der Waals surface area contributed by atoms with Crippen LogP contribution in [-0.4, -0.2) is 4.98 Å². The van der Waals surface area contributed by atoms with Crippen LogP contribution in [0.25, 0.3) is 11.3 Å². The van der Waals surface area contributed by atoms with Gasteiger partial charge in [0, 0.05) is 11.8 Å². The first-order valence-corrected chi connectivity index (χ1v) is 5.71. The molecule has 1 heterocycles. The van der Waals surface area contributed by atoms with Gasteiger partial charge < -0.3 is 5.73 Å². The summed E-state index contributed by atoms with van der Waals surface area (Å²) in [7, 11) is 0. The highest BCUT2D eigenvalue weighted by molar-refractivity contribution is 5.75. The predicted octanol–water partition coefficient (Wildman–Crippen LogP) is 3.42. The molecule has 1 aromatic carbocycles. The molecule has 20 heavy (non-hydrogen) atoms. The zero-order valence-electron chi connectivity index (χ0n) is 10.3. The molecule has 2 rings (SSSR count). The molecule has 0 aliphatic heterocycles. The minimum Gasteiger partial charge on any atom is -0.397 e. The van der Waals surface area contributed by atoms with Gasteiger partial charge in [-0.05, 0) is 23.8 Å². The number of nitrogen functional groups attached to an aromatic ring is 1. The second-order valence-electron chi connectivity index (χ2n) is 4.15. The van der Waals surface area contributed by atoms with Crippen LogP contribution in [0, 0.1) is 11.3 Å². The van der Waals surface area contributed by atoms with Crippen LogP contribution in [0.15, 0.2) is 36.5 Å². The third kappa shape index (κ3) is 2.72. The lowest BCUT2D eigenvalue weighted by Gasteiger charge is -2.11. The van der Waals surface area contributed by atoms with Crippen LogP contribution in [0.2, 0.25) is 0 Å². The summed E-state index contributed by atoms with van der Waals surface area (Å²) in [5.74, 6) is 0. The molecule has 2 aromatic rings. The summed E-state index contributed by atoms with van der Waals surface area (Å²) in [5.41, 5.74) is 6.41. The lowest BCUT2D eigenvalue weighted by molar-refractivity contribution is -0.137. The molecule has 3 nitrogen and oxygen atoms in total. The highest BCUT2D eigenvalue weighted by Crippen LogP contribution is 2.33. The van der Waals surface area contributed by atoms with Gasteiger partial charge in [0.05, 0.1) is 29.4 Å². The molecule has 0 atom stereocenters. The Hall–Kier alpha value is -2.55. The average Bonchev–Trinajstić information content (AvgIpc) is 2.41. The predicted molar refractivity (Wildman–Crippen MR) is 68.4 cm³/mol. The van der Waals surface area contributed by atoms with Gasteiger partial charge in [-0.2, -0.15) is 18.4 Å². The monoisotopic (exact) mass is 277 g/mol. The molecule has 2 N–H and O–H groups in total. The van der Waals surface area contributed by atoms with E-state index in [1.165, 1.54) is 18.3 Å². The van der Waals surface area contributed by atoms with E-state index in [-0.39, 0.29) is 23.4 Å². The molecule has 0 bridgehead atoms. The van der Waals surface area contributed by atoms with E-state index in [2.05, 4.69) is 4.98 Å². The van der Waals surface area contributed by atoms with E-state index in [0.29, 0.717) is 5.56 Å². The zero-order chi connectivity index (χ0) is 14.8. The Morgan fingerprint density at radius 1 is 1.25 bits per heavy atom. The van der Waals surface area contributed by atoms with E-state index in [9.17, 15) is 13.2 Å². The molecule has 0 aliphatic carbocycles. The number of halogens is 3. The van der Waals surface area contributed by atoms with E-state index in [4.69, 9.17) is 11.0 Å². The van der Waals surface area contributed by atoms with Crippen molar-refractivity contribution in [1.82, 2.24) is 4.98 Å². The highest BCUT2D eigenvalue weighted by Gasteiger charge is 2.30. The molecule has 1 aromatic heterocycles. The Labute approximate surface area is 113 Å². The molecule has 0 spiro atoms. The molecule has 6 heteroatoms. The van der Waals surface area contributed by atoms with Crippen molar-refractivity contribution >= 4 is 5.69 Å². The number of benzene rings is 1. The first kappa shape index (κ1) is 13.9. The van der Waals surface area contributed by atoms with E-state index < -0.39 is 11.7 Å². The SMILES string of the molecule is N#CCc1ccnc(-c2cccc(C(F)(F)F)c2)c1N. The smallest absolute Gasteiger partial charge is 0.397 e. The second-order valence-corrected chi connectivity index (χ2v) is 4.15. The Morgan fingerprint density at radius 3 is 2.65 bits per heavy atom. The van der Waals surface area contributed by atoms with Gasteiger partial charge in [-0.15, -0.1) is 0 Å². The van der Waals surface area contributed by atoms with E-state index in [1.807, 2.05) is 6.07 Å². The van der Waals surface area contributed by atoms with Gasteiger partial charge in [0.25, 0.3) is 0 Å². The number of nitrogens with two attached hydrogens (primary N) is 1. The summed E-state index contributed by atoms with van der Waals surface area (Å²) in [6.45, 7) is 0. The van der Waals surface area contributed by atoms with Gasteiger partial charge in [-0.1, -0.05) is 12.1 Å². The summed E-state index contributed by atoms with van der Waals surface area (Å²) in [5, 5.41) is 8.68. The number of aromatic nitrogens is 1. The number of hydrogen-bond donors (Lipinski definition) is 1. The largest absolute Gasteiger partial charge is 0.416 e. The van der Waals surface area contributed by atoms with Crippen molar-refractivity contribution in [1.29, 1.82) is 5.26 Å². The van der Waals surface area contributed by atoms with Crippen LogP contribution in [0.3, 0.4) is 0 Å². The van der Waals surface area contributed by atoms with E-state index >= 15 is 0 Å². The van der Waals surface area contributed by atoms with Crippen LogP contribution in [0.1, 0.15) is 11.1 Å². The normalized spacial score (nSPS) is 11.1. The first-order chi connectivity index (χ1) is 9.43. The maximum absolute atomic E-state index is 12.7. The molecule has 0 fully saturated rings. The minimum absolute atomic E-state index is 0.0836. The summed E-state index contributed by atoms with van der Waals surface area (Å²) in [6.07, 6.45) is -2.91. The Bertz CT molecular complexity index is 672. The van der Waals surface area contributed by atoms with Crippen molar-refractivity contribution in [2.45, 2.75) is 12.6 Å². The molecular formula is C14H10F3N3. The molecule has 0 saturated heterocycles. The number of rotatable bonds is 2. The van der Waals surface area contributed by atoms with Crippen molar-refractivity contribution in [2.75, 3.05) is 5.73 Å². The number of pyridine rings is 1. The average molecular weight is 277 g/mol. The lowest BCUT2D eigenvalue weighted by Crippen LogP contribution is -2.05. The third-order valence-corrected chi connectivity index (χ3v) is 2.81. The van der Waals surface area contributed by atoms with Crippen molar-refractivity contribution in [3.63, 3.8) is 0 Å². The topological polar surface area (TPSA) is 62.7 Å². The first-order valence-electron chi connectivity index (χ1n) is 5.71. The van der Waals surface area contributed by atoms with E-state index in [1.54, 1.807) is 6.07 Å². The molecule has 0 radical (unpaired) electrons. The number of alkyl halides is 3. The van der Waals surface area contributed by atoms with Gasteiger partial charge in [-0.25, -0.2) is 0 Å². The molecule has 0 amide bonds. The standard InChI is InChI=1S/C14H10F3N3/c15-14(16,17)11-3-1-2-10(8-11)13-12(19)9(4-6-18)5-7-20-13/h1-3,5,7-8H,4,19H2. The number of anilines is 1. The number of nitriles is 1. The summed E-state index contributed by atoms with van der Waals surface area (Å²) < 4.78 is 38.1. The van der Waals surface area contributed by atoms with Crippen molar-refractivity contribution in [3.05, 3.63) is 47.7 Å². The highest BCUT2D eigenvalue weighted by atomic mass is 19.4. The van der Waals surface area contributed by atoms with Crippen molar-refractivity contribution in [3.8, 4) is 17.3 Å². The van der Waals surface area contributed by atoms with Gasteiger partial charge in [0.1, 0.15) is 0 Å². The fourth-order valence-electron chi connectivity index (χ4n) is 1.83. The van der Waals surface area contributed by atoms with Crippen LogP contribution >= 0.6 is 0 Å². The van der Waals surface area contributed by atoms with Gasteiger partial charge >= 0.3 is 6.18 Å². The maximum Gasteiger partial charge on any atom is 0.416 e. The Kier molecular flexibility index (Phi) is 3.61. The summed E-state index contributed by atoms with van der Waals surface area (Å²) in [4.78, 5) is 4.01. The Morgan fingerprint density at radius 2 is 2.00 bits per heavy atom. The van der Waals surface area contributed by atoms with Crippen LogP contribution in [0.4, 0.5) is 18.9 Å². The summed E-state index contributed by atoms with van der Waals surface area (Å²) in [6, 6.07) is 8.32. The van der Waals surface area contributed by atoms with Gasteiger partial charge in [0.2, 0.25) is 0 Å². The molecule has 0 saturated carbocycles. The van der Waals surface area contributed by atoms with Crippen LogP contribution in [0.5, 0.6) is 0 Å². The zero-order valence-corrected chi connectivity index (χ0v) is 10.3. The molecule has 0 unspecified atom stereocenters. The van der Waals surface area contributed by atoms with Crippen LogP contribution < -0.4 is 5.73 Å². The van der Waals surface area contributed by atoms with Crippen molar-refractivity contribution < 1.29 is 13.2 Å².